The maximum Gasteiger partial charge on any atom is 0.250 e. The fraction of sp³-hybridized carbons (Fsp3) is 0.394. The summed E-state index contributed by atoms with van der Waals surface area (Å²) >= 11 is 0. The van der Waals surface area contributed by atoms with Gasteiger partial charge in [-0.25, -0.2) is 0 Å². The summed E-state index contributed by atoms with van der Waals surface area (Å²) < 4.78 is 5.48. The molecule has 1 saturated carbocycles. The van der Waals surface area contributed by atoms with Crippen molar-refractivity contribution in [1.29, 1.82) is 0 Å². The van der Waals surface area contributed by atoms with Crippen molar-refractivity contribution in [1.82, 2.24) is 4.90 Å². The van der Waals surface area contributed by atoms with Crippen LogP contribution in [0, 0.1) is 11.8 Å². The fourth-order valence-corrected chi connectivity index (χ4v) is 6.88. The molecule has 2 aliphatic carbocycles. The third kappa shape index (κ3) is 5.30. The molecule has 3 atom stereocenters. The van der Waals surface area contributed by atoms with Crippen molar-refractivity contribution in [3.05, 3.63) is 95.6 Å². The zero-order valence-corrected chi connectivity index (χ0v) is 22.4. The highest BCUT2D eigenvalue weighted by molar-refractivity contribution is 5.99. The Labute approximate surface area is 231 Å². The molecule has 1 heterocycles. The van der Waals surface area contributed by atoms with Gasteiger partial charge in [-0.1, -0.05) is 54.6 Å². The number of ether oxygens (including phenoxy) is 1. The van der Waals surface area contributed by atoms with Gasteiger partial charge in [0, 0.05) is 31.0 Å². The van der Waals surface area contributed by atoms with Gasteiger partial charge in [-0.15, -0.1) is 0 Å². The summed E-state index contributed by atoms with van der Waals surface area (Å²) in [6.45, 7) is 3.62. The predicted octanol–water partition coefficient (Wildman–Crippen LogP) is 5.07. The molecule has 6 heteroatoms. The summed E-state index contributed by atoms with van der Waals surface area (Å²) in [6, 6.07) is 26.7. The van der Waals surface area contributed by atoms with Crippen molar-refractivity contribution in [2.75, 3.05) is 36.5 Å². The lowest BCUT2D eigenvalue weighted by Gasteiger charge is -2.50. The Morgan fingerprint density at radius 1 is 0.923 bits per heavy atom. The monoisotopic (exact) mass is 523 g/mol. The van der Waals surface area contributed by atoms with Crippen LogP contribution in [0.25, 0.3) is 0 Å². The molecule has 1 aliphatic heterocycles. The molecule has 6 rings (SSSR count). The second-order valence-electron chi connectivity index (χ2n) is 11.3. The molecule has 39 heavy (non-hydrogen) atoms. The Morgan fingerprint density at radius 2 is 1.59 bits per heavy atom. The number of carbonyl (C=O) groups is 2. The number of anilines is 2. The number of rotatable bonds is 7. The van der Waals surface area contributed by atoms with E-state index in [0.717, 1.165) is 68.9 Å². The molecule has 1 N–H and O–H groups in total. The number of benzene rings is 3. The van der Waals surface area contributed by atoms with Crippen LogP contribution in [0.2, 0.25) is 0 Å². The Morgan fingerprint density at radius 3 is 2.28 bits per heavy atom. The number of amides is 2. The molecule has 3 aliphatic rings. The van der Waals surface area contributed by atoms with Crippen LogP contribution in [0.5, 0.6) is 0 Å². The third-order valence-electron chi connectivity index (χ3n) is 9.07. The quantitative estimate of drug-likeness (QED) is 0.439. The minimum Gasteiger partial charge on any atom is -0.378 e. The molecule has 2 fully saturated rings. The highest BCUT2D eigenvalue weighted by Gasteiger charge is 2.50. The Hall–Kier alpha value is -3.64. The van der Waals surface area contributed by atoms with Gasteiger partial charge in [0.2, 0.25) is 12.3 Å². The minimum atomic E-state index is -0.895. The van der Waals surface area contributed by atoms with E-state index in [1.54, 1.807) is 4.90 Å². The van der Waals surface area contributed by atoms with Crippen molar-refractivity contribution in [2.45, 2.75) is 44.2 Å². The smallest absolute Gasteiger partial charge is 0.250 e. The number of hydrogen-bond acceptors (Lipinski definition) is 4. The SMILES string of the molecule is O=CN(Cc1ccccc1)[C@]1(C(=O)Nc2ccc(N3CCOCC3)cc2)CC[C@@H]2Cc3ccccc3C[C@H]2C1. The lowest BCUT2D eigenvalue weighted by atomic mass is 9.62. The van der Waals surface area contributed by atoms with Gasteiger partial charge in [0.25, 0.3) is 0 Å². The average Bonchev–Trinajstić information content (AvgIpc) is 3.00. The van der Waals surface area contributed by atoms with Gasteiger partial charge in [0.1, 0.15) is 5.54 Å². The normalized spacial score (nSPS) is 24.3. The summed E-state index contributed by atoms with van der Waals surface area (Å²) in [4.78, 5) is 31.0. The number of fused-ring (bicyclic) bond motifs is 2. The van der Waals surface area contributed by atoms with Crippen LogP contribution in [0.1, 0.15) is 36.0 Å². The van der Waals surface area contributed by atoms with Crippen LogP contribution in [-0.4, -0.2) is 49.1 Å². The Kier molecular flexibility index (Phi) is 7.38. The van der Waals surface area contributed by atoms with E-state index in [9.17, 15) is 9.59 Å². The molecular formula is C33H37N3O3. The van der Waals surface area contributed by atoms with E-state index in [1.165, 1.54) is 11.1 Å². The largest absolute Gasteiger partial charge is 0.378 e. The number of carbonyl (C=O) groups excluding carboxylic acids is 2. The molecule has 3 aromatic carbocycles. The van der Waals surface area contributed by atoms with E-state index in [0.29, 0.717) is 31.2 Å². The van der Waals surface area contributed by atoms with Crippen molar-refractivity contribution in [3.8, 4) is 0 Å². The maximum absolute atomic E-state index is 14.2. The van der Waals surface area contributed by atoms with Crippen molar-refractivity contribution in [3.63, 3.8) is 0 Å². The molecule has 0 spiro atoms. The van der Waals surface area contributed by atoms with Crippen LogP contribution < -0.4 is 10.2 Å². The second-order valence-corrected chi connectivity index (χ2v) is 11.3. The predicted molar refractivity (Wildman–Crippen MR) is 154 cm³/mol. The van der Waals surface area contributed by atoms with Crippen molar-refractivity contribution in [2.24, 2.45) is 11.8 Å². The van der Waals surface area contributed by atoms with Gasteiger partial charge >= 0.3 is 0 Å². The lowest BCUT2D eigenvalue weighted by Crippen LogP contribution is -2.60. The number of nitrogens with zero attached hydrogens (tertiary/aromatic N) is 2. The minimum absolute atomic E-state index is 0.0815. The zero-order chi connectivity index (χ0) is 26.7. The first-order valence-electron chi connectivity index (χ1n) is 14.2. The van der Waals surface area contributed by atoms with E-state index in [4.69, 9.17) is 4.74 Å². The first-order valence-corrected chi connectivity index (χ1v) is 14.2. The maximum atomic E-state index is 14.2. The van der Waals surface area contributed by atoms with E-state index in [2.05, 4.69) is 46.6 Å². The van der Waals surface area contributed by atoms with Crippen LogP contribution in [-0.2, 0) is 33.7 Å². The molecular weight excluding hydrogens is 486 g/mol. The summed E-state index contributed by atoms with van der Waals surface area (Å²) in [7, 11) is 0. The summed E-state index contributed by atoms with van der Waals surface area (Å²) in [5.41, 5.74) is 4.85. The molecule has 6 nitrogen and oxygen atoms in total. The van der Waals surface area contributed by atoms with Crippen LogP contribution in [0.3, 0.4) is 0 Å². The Bertz CT molecular complexity index is 1290. The van der Waals surface area contributed by atoms with E-state index in [1.807, 2.05) is 42.5 Å². The van der Waals surface area contributed by atoms with Crippen LogP contribution in [0.15, 0.2) is 78.9 Å². The number of hydrogen-bond donors (Lipinski definition) is 1. The van der Waals surface area contributed by atoms with E-state index < -0.39 is 5.54 Å². The molecule has 0 aromatic heterocycles. The first kappa shape index (κ1) is 25.6. The summed E-state index contributed by atoms with van der Waals surface area (Å²) in [5, 5.41) is 3.22. The van der Waals surface area contributed by atoms with Gasteiger partial charge in [-0.3, -0.25) is 9.59 Å². The number of nitrogens with one attached hydrogen (secondary N) is 1. The van der Waals surface area contributed by atoms with Gasteiger partial charge < -0.3 is 19.9 Å². The molecule has 0 radical (unpaired) electrons. The zero-order valence-electron chi connectivity index (χ0n) is 22.4. The van der Waals surface area contributed by atoms with Crippen LogP contribution >= 0.6 is 0 Å². The van der Waals surface area contributed by atoms with E-state index in [-0.39, 0.29) is 5.91 Å². The summed E-state index contributed by atoms with van der Waals surface area (Å²) in [6.07, 6.45) is 5.19. The molecule has 202 valence electrons. The standard InChI is InChI=1S/C33H37N3O3/c37-24-36(23-25-6-2-1-3-7-25)33(15-14-28-20-26-8-4-5-9-27(26)21-29(28)22-33)32(38)34-30-10-12-31(13-11-30)35-16-18-39-19-17-35/h1-13,24,28-29H,14-23H2,(H,34,38)/t28-,29+,33-/m1/s1. The molecule has 0 bridgehead atoms. The Balaban J connectivity index is 1.27. The highest BCUT2D eigenvalue weighted by atomic mass is 16.5. The van der Waals surface area contributed by atoms with Crippen molar-refractivity contribution < 1.29 is 14.3 Å². The van der Waals surface area contributed by atoms with Gasteiger partial charge in [-0.05, 0) is 84.9 Å². The topological polar surface area (TPSA) is 61.9 Å². The van der Waals surface area contributed by atoms with Gasteiger partial charge in [0.15, 0.2) is 0 Å². The molecule has 3 aromatic rings. The first-order chi connectivity index (χ1) is 19.1. The van der Waals surface area contributed by atoms with Gasteiger partial charge in [0.05, 0.1) is 13.2 Å². The van der Waals surface area contributed by atoms with Crippen molar-refractivity contribution >= 4 is 23.7 Å². The second kappa shape index (κ2) is 11.2. The third-order valence-corrected chi connectivity index (χ3v) is 9.07. The molecule has 2 amide bonds. The average molecular weight is 524 g/mol. The highest BCUT2D eigenvalue weighted by Crippen LogP contribution is 2.46. The number of morpholine rings is 1. The van der Waals surface area contributed by atoms with Crippen LogP contribution in [0.4, 0.5) is 11.4 Å². The molecule has 0 unspecified atom stereocenters. The fourth-order valence-electron chi connectivity index (χ4n) is 6.88. The van der Waals surface area contributed by atoms with Gasteiger partial charge in [-0.2, -0.15) is 0 Å². The summed E-state index contributed by atoms with van der Waals surface area (Å²) in [5.74, 6) is 0.821. The van der Waals surface area contributed by atoms with E-state index >= 15 is 0 Å². The lowest BCUT2D eigenvalue weighted by molar-refractivity contribution is -0.143. The molecule has 1 saturated heterocycles.